The van der Waals surface area contributed by atoms with Gasteiger partial charge in [-0.05, 0) is 61.6 Å². The van der Waals surface area contributed by atoms with Gasteiger partial charge in [-0.25, -0.2) is 9.97 Å². The number of anilines is 1. The third-order valence-corrected chi connectivity index (χ3v) is 5.91. The van der Waals surface area contributed by atoms with Crippen molar-refractivity contribution in [1.29, 1.82) is 0 Å². The number of piperidine rings is 1. The molecule has 0 N–H and O–H groups in total. The summed E-state index contributed by atoms with van der Waals surface area (Å²) in [6.45, 7) is 2.72. The molecule has 3 aromatic rings. The molecular formula is C25H29N5O2. The van der Waals surface area contributed by atoms with E-state index >= 15 is 0 Å². The minimum absolute atomic E-state index is 0.00369. The number of benzene rings is 1. The second-order valence-electron chi connectivity index (χ2n) is 8.30. The van der Waals surface area contributed by atoms with Gasteiger partial charge in [0.15, 0.2) is 0 Å². The Morgan fingerprint density at radius 2 is 2.00 bits per heavy atom. The number of hydrogen-bond acceptors (Lipinski definition) is 6. The van der Waals surface area contributed by atoms with Gasteiger partial charge in [0.25, 0.3) is 5.91 Å². The number of aryl methyl sites for hydroxylation is 1. The summed E-state index contributed by atoms with van der Waals surface area (Å²) in [5.74, 6) is 1.31. The van der Waals surface area contributed by atoms with Crippen LogP contribution >= 0.6 is 0 Å². The monoisotopic (exact) mass is 431 g/mol. The molecule has 1 saturated heterocycles. The SMILES string of the molecule is COc1cccc(C(=O)N2CCCCC2c2nc(N(C)C)ncc2-c2ccncc2C)c1. The number of methoxy groups -OCH3 is 1. The fourth-order valence-corrected chi connectivity index (χ4v) is 4.22. The number of hydrogen-bond donors (Lipinski definition) is 0. The Morgan fingerprint density at radius 3 is 2.75 bits per heavy atom. The van der Waals surface area contributed by atoms with Crippen LogP contribution in [0.25, 0.3) is 11.1 Å². The van der Waals surface area contributed by atoms with Gasteiger partial charge < -0.3 is 14.5 Å². The first-order valence-electron chi connectivity index (χ1n) is 10.9. The van der Waals surface area contributed by atoms with E-state index < -0.39 is 0 Å². The number of ether oxygens (including phenoxy) is 1. The number of rotatable bonds is 5. The normalized spacial score (nSPS) is 16.0. The Bertz CT molecular complexity index is 1110. The van der Waals surface area contributed by atoms with Gasteiger partial charge in [-0.15, -0.1) is 0 Å². The lowest BCUT2D eigenvalue weighted by Gasteiger charge is -2.36. The molecule has 166 valence electrons. The van der Waals surface area contributed by atoms with E-state index in [0.717, 1.165) is 41.6 Å². The summed E-state index contributed by atoms with van der Waals surface area (Å²) in [6, 6.07) is 9.20. The Hall–Kier alpha value is -3.48. The largest absolute Gasteiger partial charge is 0.497 e. The van der Waals surface area contributed by atoms with Gasteiger partial charge in [0, 0.05) is 50.4 Å². The van der Waals surface area contributed by atoms with Crippen LogP contribution in [0.1, 0.15) is 46.9 Å². The Morgan fingerprint density at radius 1 is 1.16 bits per heavy atom. The van der Waals surface area contributed by atoms with Crippen molar-refractivity contribution in [3.63, 3.8) is 0 Å². The topological polar surface area (TPSA) is 71.5 Å². The molecule has 7 heteroatoms. The predicted octanol–water partition coefficient (Wildman–Crippen LogP) is 4.29. The third kappa shape index (κ3) is 4.28. The lowest BCUT2D eigenvalue weighted by molar-refractivity contribution is 0.0606. The summed E-state index contributed by atoms with van der Waals surface area (Å²) >= 11 is 0. The maximum absolute atomic E-state index is 13.6. The van der Waals surface area contributed by atoms with Crippen molar-refractivity contribution < 1.29 is 9.53 Å². The first kappa shape index (κ1) is 21.7. The van der Waals surface area contributed by atoms with Crippen LogP contribution in [0.3, 0.4) is 0 Å². The maximum Gasteiger partial charge on any atom is 0.254 e. The van der Waals surface area contributed by atoms with Crippen LogP contribution < -0.4 is 9.64 Å². The fraction of sp³-hybridized carbons (Fsp3) is 0.360. The van der Waals surface area contributed by atoms with E-state index in [2.05, 4.69) is 9.97 Å². The number of nitrogens with zero attached hydrogens (tertiary/aromatic N) is 5. The molecule has 1 amide bonds. The molecule has 0 radical (unpaired) electrons. The van der Waals surface area contributed by atoms with Crippen molar-refractivity contribution >= 4 is 11.9 Å². The Labute approximate surface area is 189 Å². The molecule has 32 heavy (non-hydrogen) atoms. The Balaban J connectivity index is 1.81. The lowest BCUT2D eigenvalue weighted by atomic mass is 9.92. The molecule has 0 aliphatic carbocycles. The third-order valence-electron chi connectivity index (χ3n) is 5.91. The van der Waals surface area contributed by atoms with Crippen LogP contribution in [0.4, 0.5) is 5.95 Å². The summed E-state index contributed by atoms with van der Waals surface area (Å²) in [4.78, 5) is 31.2. The number of carbonyl (C=O) groups excluding carboxylic acids is 1. The minimum Gasteiger partial charge on any atom is -0.497 e. The van der Waals surface area contributed by atoms with Crippen LogP contribution in [0.15, 0.2) is 48.9 Å². The molecule has 1 aliphatic heterocycles. The quantitative estimate of drug-likeness (QED) is 0.600. The first-order valence-corrected chi connectivity index (χ1v) is 10.9. The molecule has 3 heterocycles. The molecular weight excluding hydrogens is 402 g/mol. The summed E-state index contributed by atoms with van der Waals surface area (Å²) < 4.78 is 5.33. The highest BCUT2D eigenvalue weighted by atomic mass is 16.5. The van der Waals surface area contributed by atoms with E-state index in [1.807, 2.05) is 67.5 Å². The molecule has 0 spiro atoms. The summed E-state index contributed by atoms with van der Waals surface area (Å²) in [6.07, 6.45) is 8.38. The second-order valence-corrected chi connectivity index (χ2v) is 8.30. The van der Waals surface area contributed by atoms with Crippen molar-refractivity contribution in [2.45, 2.75) is 32.2 Å². The van der Waals surface area contributed by atoms with E-state index in [4.69, 9.17) is 9.72 Å². The van der Waals surface area contributed by atoms with Gasteiger partial charge in [-0.2, -0.15) is 0 Å². The summed E-state index contributed by atoms with van der Waals surface area (Å²) in [5.41, 5.74) is 4.55. The molecule has 2 aromatic heterocycles. The predicted molar refractivity (Wildman–Crippen MR) is 125 cm³/mol. The number of amides is 1. The Kier molecular flexibility index (Phi) is 6.35. The van der Waals surface area contributed by atoms with Gasteiger partial charge in [0.05, 0.1) is 18.8 Å². The number of pyridine rings is 1. The number of aromatic nitrogens is 3. The van der Waals surface area contributed by atoms with Crippen molar-refractivity contribution in [2.75, 3.05) is 32.6 Å². The van der Waals surface area contributed by atoms with Crippen molar-refractivity contribution in [2.24, 2.45) is 0 Å². The van der Waals surface area contributed by atoms with E-state index in [0.29, 0.717) is 23.8 Å². The molecule has 7 nitrogen and oxygen atoms in total. The zero-order chi connectivity index (χ0) is 22.7. The second kappa shape index (κ2) is 9.34. The van der Waals surface area contributed by atoms with Gasteiger partial charge >= 0.3 is 0 Å². The average molecular weight is 432 g/mol. The van der Waals surface area contributed by atoms with Gasteiger partial charge in [-0.3, -0.25) is 9.78 Å². The van der Waals surface area contributed by atoms with Crippen molar-refractivity contribution in [1.82, 2.24) is 19.9 Å². The molecule has 0 saturated carbocycles. The van der Waals surface area contributed by atoms with Gasteiger partial charge in [-0.1, -0.05) is 6.07 Å². The molecule has 1 aromatic carbocycles. The number of carbonyl (C=O) groups is 1. The van der Waals surface area contributed by atoms with Gasteiger partial charge in [0.2, 0.25) is 5.95 Å². The molecule has 1 fully saturated rings. The average Bonchev–Trinajstić information content (AvgIpc) is 2.83. The molecule has 4 rings (SSSR count). The zero-order valence-electron chi connectivity index (χ0n) is 19.1. The highest BCUT2D eigenvalue weighted by Crippen LogP contribution is 2.38. The number of likely N-dealkylation sites (tertiary alicyclic amines) is 1. The van der Waals surface area contributed by atoms with Crippen LogP contribution in [0.5, 0.6) is 5.75 Å². The van der Waals surface area contributed by atoms with E-state index in [9.17, 15) is 4.79 Å². The molecule has 1 atom stereocenters. The van der Waals surface area contributed by atoms with Crippen molar-refractivity contribution in [3.8, 4) is 16.9 Å². The highest BCUT2D eigenvalue weighted by Gasteiger charge is 2.32. The summed E-state index contributed by atoms with van der Waals surface area (Å²) in [7, 11) is 5.47. The van der Waals surface area contributed by atoms with E-state index in [1.165, 1.54) is 0 Å². The molecule has 0 bridgehead atoms. The maximum atomic E-state index is 13.6. The minimum atomic E-state index is -0.133. The standard InChI is InChI=1S/C25H29N5O2/c1-17-15-26-12-11-20(17)21-16-27-25(29(2)3)28-23(21)22-10-5-6-13-30(22)24(31)18-8-7-9-19(14-18)32-4/h7-9,11-12,14-16,22H,5-6,10,13H2,1-4H3. The fourth-order valence-electron chi connectivity index (χ4n) is 4.22. The summed E-state index contributed by atoms with van der Waals surface area (Å²) in [5, 5.41) is 0. The van der Waals surface area contributed by atoms with Gasteiger partial charge in [0.1, 0.15) is 5.75 Å². The highest BCUT2D eigenvalue weighted by molar-refractivity contribution is 5.95. The van der Waals surface area contributed by atoms with Crippen molar-refractivity contribution in [3.05, 3.63) is 65.7 Å². The van der Waals surface area contributed by atoms with Crippen LogP contribution in [-0.4, -0.2) is 53.5 Å². The first-order chi connectivity index (χ1) is 15.5. The smallest absolute Gasteiger partial charge is 0.254 e. The zero-order valence-corrected chi connectivity index (χ0v) is 19.1. The lowest BCUT2D eigenvalue weighted by Crippen LogP contribution is -2.39. The molecule has 1 unspecified atom stereocenters. The van der Waals surface area contributed by atoms with Crippen LogP contribution in [0, 0.1) is 6.92 Å². The molecule has 1 aliphatic rings. The van der Waals surface area contributed by atoms with Crippen LogP contribution in [0.2, 0.25) is 0 Å². The van der Waals surface area contributed by atoms with E-state index in [-0.39, 0.29) is 11.9 Å². The van der Waals surface area contributed by atoms with E-state index in [1.54, 1.807) is 19.4 Å². The van der Waals surface area contributed by atoms with Crippen LogP contribution in [-0.2, 0) is 0 Å².